The minimum atomic E-state index is -1.04. The molecule has 0 amide bonds. The number of aliphatic hydroxyl groups is 2. The Balaban J connectivity index is 3.28. The molecule has 0 saturated heterocycles. The van der Waals surface area contributed by atoms with Gasteiger partial charge in [0.1, 0.15) is 0 Å². The lowest BCUT2D eigenvalue weighted by atomic mass is 10.1. The summed E-state index contributed by atoms with van der Waals surface area (Å²) in [6.45, 7) is 3.54. The molecule has 0 saturated carbocycles. The van der Waals surface area contributed by atoms with Crippen LogP contribution in [0, 0.1) is 0 Å². The number of nitrogens with two attached hydrogens (primary N) is 1. The molecule has 0 aliphatic rings. The third-order valence-electron chi connectivity index (χ3n) is 0.744. The SMILES string of the molecule is CC(C)(O)CN[C@@H](N)O. The van der Waals surface area contributed by atoms with Gasteiger partial charge in [0.2, 0.25) is 0 Å². The topological polar surface area (TPSA) is 78.5 Å². The zero-order valence-corrected chi connectivity index (χ0v) is 5.76. The number of aliphatic hydroxyl groups excluding tert-OH is 1. The molecule has 4 nitrogen and oxygen atoms in total. The zero-order valence-electron chi connectivity index (χ0n) is 5.76. The standard InChI is InChI=1S/C5H14N2O2/c1-5(2,9)3-7-4(6)8/h4,7-9H,3,6H2,1-2H3/t4-/m1/s1. The quantitative estimate of drug-likeness (QED) is 0.357. The van der Waals surface area contributed by atoms with E-state index in [1.165, 1.54) is 0 Å². The molecule has 0 aromatic rings. The Morgan fingerprint density at radius 2 is 2.11 bits per heavy atom. The van der Waals surface area contributed by atoms with Gasteiger partial charge in [-0.15, -0.1) is 0 Å². The van der Waals surface area contributed by atoms with Crippen LogP contribution in [-0.4, -0.2) is 28.7 Å². The summed E-state index contributed by atoms with van der Waals surface area (Å²) in [7, 11) is 0. The summed E-state index contributed by atoms with van der Waals surface area (Å²) in [5.41, 5.74) is 4.11. The molecule has 0 unspecified atom stereocenters. The van der Waals surface area contributed by atoms with E-state index in [1.807, 2.05) is 0 Å². The van der Waals surface area contributed by atoms with Crippen molar-refractivity contribution in [2.24, 2.45) is 5.73 Å². The molecule has 1 atom stereocenters. The fraction of sp³-hybridized carbons (Fsp3) is 1.00. The van der Waals surface area contributed by atoms with E-state index >= 15 is 0 Å². The van der Waals surface area contributed by atoms with Crippen LogP contribution < -0.4 is 11.1 Å². The molecule has 0 aromatic heterocycles. The predicted octanol–water partition coefficient (Wildman–Crippen LogP) is -1.42. The number of hydrogen-bond acceptors (Lipinski definition) is 4. The largest absolute Gasteiger partial charge is 0.389 e. The van der Waals surface area contributed by atoms with E-state index in [1.54, 1.807) is 13.8 Å². The molecular formula is C5H14N2O2. The number of rotatable bonds is 3. The van der Waals surface area contributed by atoms with Crippen LogP contribution >= 0.6 is 0 Å². The summed E-state index contributed by atoms with van der Waals surface area (Å²) < 4.78 is 0. The average molecular weight is 134 g/mol. The maximum Gasteiger partial charge on any atom is 0.158 e. The van der Waals surface area contributed by atoms with E-state index in [4.69, 9.17) is 15.9 Å². The Morgan fingerprint density at radius 3 is 2.22 bits per heavy atom. The minimum absolute atomic E-state index is 0.282. The summed E-state index contributed by atoms with van der Waals surface area (Å²) in [5.74, 6) is 0. The Labute approximate surface area is 54.7 Å². The smallest absolute Gasteiger partial charge is 0.158 e. The van der Waals surface area contributed by atoms with Crippen LogP contribution in [0.1, 0.15) is 13.8 Å². The number of nitrogens with one attached hydrogen (secondary N) is 1. The highest BCUT2D eigenvalue weighted by molar-refractivity contribution is 4.67. The van der Waals surface area contributed by atoms with Crippen molar-refractivity contribution in [3.63, 3.8) is 0 Å². The highest BCUT2D eigenvalue weighted by atomic mass is 16.3. The Hall–Kier alpha value is -0.160. The molecule has 0 fully saturated rings. The lowest BCUT2D eigenvalue weighted by Crippen LogP contribution is -2.44. The Morgan fingerprint density at radius 1 is 1.67 bits per heavy atom. The van der Waals surface area contributed by atoms with Crippen molar-refractivity contribution in [2.45, 2.75) is 25.8 Å². The summed E-state index contributed by atoms with van der Waals surface area (Å²) in [6, 6.07) is 0. The van der Waals surface area contributed by atoms with Gasteiger partial charge in [-0.25, -0.2) is 0 Å². The molecule has 56 valence electrons. The normalized spacial score (nSPS) is 15.7. The Kier molecular flexibility index (Phi) is 3.07. The van der Waals surface area contributed by atoms with Crippen molar-refractivity contribution >= 4 is 0 Å². The first-order valence-corrected chi connectivity index (χ1v) is 2.81. The van der Waals surface area contributed by atoms with E-state index in [0.717, 1.165) is 0 Å². The second-order valence-corrected chi connectivity index (χ2v) is 2.64. The van der Waals surface area contributed by atoms with Crippen LogP contribution in [0.2, 0.25) is 0 Å². The molecule has 5 N–H and O–H groups in total. The van der Waals surface area contributed by atoms with E-state index < -0.39 is 12.0 Å². The van der Waals surface area contributed by atoms with Gasteiger partial charge in [0.05, 0.1) is 5.60 Å². The third kappa shape index (κ3) is 7.84. The van der Waals surface area contributed by atoms with Gasteiger partial charge in [-0.2, -0.15) is 0 Å². The first-order valence-electron chi connectivity index (χ1n) is 2.81. The van der Waals surface area contributed by atoms with E-state index in [2.05, 4.69) is 5.32 Å². The lowest BCUT2D eigenvalue weighted by molar-refractivity contribution is 0.0516. The monoisotopic (exact) mass is 134 g/mol. The average Bonchev–Trinajstić information content (AvgIpc) is 1.59. The zero-order chi connectivity index (χ0) is 7.49. The maximum absolute atomic E-state index is 9.04. The lowest BCUT2D eigenvalue weighted by Gasteiger charge is -2.18. The van der Waals surface area contributed by atoms with Crippen LogP contribution in [0.15, 0.2) is 0 Å². The second-order valence-electron chi connectivity index (χ2n) is 2.64. The fourth-order valence-electron chi connectivity index (χ4n) is 0.354. The first-order chi connectivity index (χ1) is 3.92. The van der Waals surface area contributed by atoms with Crippen LogP contribution in [-0.2, 0) is 0 Å². The summed E-state index contributed by atoms with van der Waals surface area (Å²) >= 11 is 0. The molecule has 9 heavy (non-hydrogen) atoms. The van der Waals surface area contributed by atoms with Crippen LogP contribution in [0.4, 0.5) is 0 Å². The number of hydrogen-bond donors (Lipinski definition) is 4. The summed E-state index contributed by atoms with van der Waals surface area (Å²) in [4.78, 5) is 0. The van der Waals surface area contributed by atoms with E-state index in [-0.39, 0.29) is 6.54 Å². The fourth-order valence-corrected chi connectivity index (χ4v) is 0.354. The second kappa shape index (κ2) is 3.12. The van der Waals surface area contributed by atoms with Crippen molar-refractivity contribution in [3.05, 3.63) is 0 Å². The minimum Gasteiger partial charge on any atom is -0.389 e. The van der Waals surface area contributed by atoms with Gasteiger partial charge in [-0.1, -0.05) is 0 Å². The van der Waals surface area contributed by atoms with Gasteiger partial charge in [-0.3, -0.25) is 11.1 Å². The molecule has 0 aliphatic carbocycles. The van der Waals surface area contributed by atoms with Gasteiger partial charge in [0, 0.05) is 6.54 Å². The predicted molar refractivity (Wildman–Crippen MR) is 34.5 cm³/mol. The molecule has 0 rings (SSSR count). The molecule has 0 aliphatic heterocycles. The first kappa shape index (κ1) is 8.84. The van der Waals surface area contributed by atoms with Gasteiger partial charge >= 0.3 is 0 Å². The molecule has 0 bridgehead atoms. The van der Waals surface area contributed by atoms with Crippen LogP contribution in [0.25, 0.3) is 0 Å². The van der Waals surface area contributed by atoms with Crippen LogP contribution in [0.5, 0.6) is 0 Å². The molecule has 0 spiro atoms. The van der Waals surface area contributed by atoms with Gasteiger partial charge in [0.15, 0.2) is 6.35 Å². The highest BCUT2D eigenvalue weighted by Gasteiger charge is 2.11. The highest BCUT2D eigenvalue weighted by Crippen LogP contribution is 1.96. The molecule has 0 radical (unpaired) electrons. The molecule has 0 aromatic carbocycles. The van der Waals surface area contributed by atoms with E-state index in [9.17, 15) is 0 Å². The van der Waals surface area contributed by atoms with Crippen molar-refractivity contribution in [1.29, 1.82) is 0 Å². The maximum atomic E-state index is 9.04. The summed E-state index contributed by atoms with van der Waals surface area (Å²) in [6.07, 6.45) is -1.04. The van der Waals surface area contributed by atoms with Crippen LogP contribution in [0.3, 0.4) is 0 Å². The van der Waals surface area contributed by atoms with Crippen molar-refractivity contribution in [2.75, 3.05) is 6.54 Å². The molecule has 4 heteroatoms. The van der Waals surface area contributed by atoms with Gasteiger partial charge in [0.25, 0.3) is 0 Å². The van der Waals surface area contributed by atoms with Gasteiger partial charge < -0.3 is 10.2 Å². The van der Waals surface area contributed by atoms with Crippen molar-refractivity contribution in [3.8, 4) is 0 Å². The third-order valence-corrected chi connectivity index (χ3v) is 0.744. The van der Waals surface area contributed by atoms with Gasteiger partial charge in [-0.05, 0) is 13.8 Å². The molecule has 0 heterocycles. The van der Waals surface area contributed by atoms with Crippen molar-refractivity contribution in [1.82, 2.24) is 5.32 Å². The summed E-state index contributed by atoms with van der Waals surface area (Å²) in [5, 5.41) is 20.0. The Bertz CT molecular complexity index is 77.5. The van der Waals surface area contributed by atoms with E-state index in [0.29, 0.717) is 0 Å². The van der Waals surface area contributed by atoms with Crippen molar-refractivity contribution < 1.29 is 10.2 Å². The molecular weight excluding hydrogens is 120 g/mol.